The van der Waals surface area contributed by atoms with Gasteiger partial charge in [-0.3, -0.25) is 0 Å². The van der Waals surface area contributed by atoms with Crippen LogP contribution < -0.4 is 10.9 Å². The van der Waals surface area contributed by atoms with Crippen molar-refractivity contribution in [2.24, 2.45) is 0 Å². The fourth-order valence-electron chi connectivity index (χ4n) is 5.79. The van der Waals surface area contributed by atoms with Gasteiger partial charge in [-0.1, -0.05) is 61.3 Å². The van der Waals surface area contributed by atoms with Crippen LogP contribution in [-0.2, 0) is 6.42 Å². The molecule has 0 atom stereocenters. The maximum Gasteiger partial charge on any atom is 0.115 e. The average molecular weight is 549 g/mol. The van der Waals surface area contributed by atoms with E-state index in [9.17, 15) is 0 Å². The van der Waals surface area contributed by atoms with Crippen LogP contribution in [0.4, 0.5) is 0 Å². The van der Waals surface area contributed by atoms with Crippen molar-refractivity contribution in [3.8, 4) is 0 Å². The van der Waals surface area contributed by atoms with Crippen molar-refractivity contribution in [2.75, 3.05) is 0 Å². The van der Waals surface area contributed by atoms with Gasteiger partial charge in [0.2, 0.25) is 0 Å². The van der Waals surface area contributed by atoms with Crippen LogP contribution in [0.5, 0.6) is 0 Å². The summed E-state index contributed by atoms with van der Waals surface area (Å²) in [6, 6.07) is 6.65. The van der Waals surface area contributed by atoms with Crippen LogP contribution in [0.3, 0.4) is 0 Å². The first-order valence-electron chi connectivity index (χ1n) is 13.9. The van der Waals surface area contributed by atoms with Gasteiger partial charge in [0.15, 0.2) is 0 Å². The summed E-state index contributed by atoms with van der Waals surface area (Å²) in [6.45, 7) is 27.1. The van der Waals surface area contributed by atoms with E-state index < -0.39 is 0 Å². The Bertz CT molecular complexity index is 1840. The van der Waals surface area contributed by atoms with E-state index in [1.165, 1.54) is 16.7 Å². The molecular weight excluding hydrogens is 512 g/mol. The Kier molecular flexibility index (Phi) is 8.72. The SMILES string of the molecule is [B]c1c(C)c([B])c2c(C(=C)S)c(C(=C)C)n(/C(C(C)=C=C)=C(/CC)C3=C=C(Cc4ccc(C)c(C)c4)C=C3)c2c1C. The van der Waals surface area contributed by atoms with E-state index in [2.05, 4.69) is 86.9 Å². The van der Waals surface area contributed by atoms with Crippen LogP contribution in [0, 0.1) is 27.7 Å². The Hall–Kier alpha value is -3.54. The fraction of sp³-hybridized carbons (Fsp3) is 0.243. The largest absolute Gasteiger partial charge is 0.308 e. The average Bonchev–Trinajstić information content (AvgIpc) is 3.53. The zero-order valence-electron chi connectivity index (χ0n) is 25.5. The van der Waals surface area contributed by atoms with Gasteiger partial charge in [-0.25, -0.2) is 0 Å². The Balaban J connectivity index is 2.14. The Morgan fingerprint density at radius 2 is 1.68 bits per heavy atom. The van der Waals surface area contributed by atoms with Crippen LogP contribution in [0.25, 0.3) is 27.1 Å². The highest BCUT2D eigenvalue weighted by molar-refractivity contribution is 7.90. The lowest BCUT2D eigenvalue weighted by molar-refractivity contribution is 1.04. The second kappa shape index (κ2) is 11.8. The molecule has 0 aliphatic heterocycles. The minimum absolute atomic E-state index is 0.621. The van der Waals surface area contributed by atoms with Crippen molar-refractivity contribution >= 4 is 66.3 Å². The molecule has 0 saturated carbocycles. The van der Waals surface area contributed by atoms with Crippen LogP contribution in [0.1, 0.15) is 66.3 Å². The number of rotatable bonds is 8. The number of aryl methyl sites for hydroxylation is 3. The molecule has 1 nitrogen and oxygen atoms in total. The first-order chi connectivity index (χ1) is 19.3. The molecule has 0 bridgehead atoms. The summed E-state index contributed by atoms with van der Waals surface area (Å²) in [4.78, 5) is 0.621. The summed E-state index contributed by atoms with van der Waals surface area (Å²) in [5.41, 5.74) is 22.6. The lowest BCUT2D eigenvalue weighted by atomic mass is 9.76. The van der Waals surface area contributed by atoms with E-state index in [0.717, 1.165) is 79.7 Å². The molecule has 0 N–H and O–H groups in total. The molecule has 0 spiro atoms. The molecule has 1 aliphatic rings. The highest BCUT2D eigenvalue weighted by Gasteiger charge is 2.27. The number of allylic oxidation sites excluding steroid dienone is 7. The third-order valence-electron chi connectivity index (χ3n) is 8.22. The Morgan fingerprint density at radius 3 is 2.24 bits per heavy atom. The number of nitrogens with zero attached hydrogens (tertiary/aromatic N) is 1. The third kappa shape index (κ3) is 5.29. The van der Waals surface area contributed by atoms with Gasteiger partial charge in [0.1, 0.15) is 15.7 Å². The summed E-state index contributed by atoms with van der Waals surface area (Å²) in [5, 5.41) is 0.888. The summed E-state index contributed by atoms with van der Waals surface area (Å²) >= 11 is 4.74. The molecule has 1 heterocycles. The molecule has 1 aromatic heterocycles. The highest BCUT2D eigenvalue weighted by atomic mass is 32.1. The Labute approximate surface area is 254 Å². The predicted molar refractivity (Wildman–Crippen MR) is 186 cm³/mol. The summed E-state index contributed by atoms with van der Waals surface area (Å²) in [6.07, 6.45) is 5.92. The molecule has 202 valence electrons. The number of hydrogen-bond donors (Lipinski definition) is 1. The zero-order valence-corrected chi connectivity index (χ0v) is 26.4. The molecular formula is C37H37B2NS. The van der Waals surface area contributed by atoms with Gasteiger partial charge < -0.3 is 4.57 Å². The second-order valence-corrected chi connectivity index (χ2v) is 11.6. The molecule has 0 fully saturated rings. The number of benzene rings is 2. The van der Waals surface area contributed by atoms with E-state index in [-0.39, 0.29) is 0 Å². The number of fused-ring (bicyclic) bond motifs is 1. The second-order valence-electron chi connectivity index (χ2n) is 11.1. The fourth-order valence-corrected chi connectivity index (χ4v) is 6.01. The lowest BCUT2D eigenvalue weighted by Crippen LogP contribution is -2.24. The first-order valence-corrected chi connectivity index (χ1v) is 14.4. The molecule has 1 aliphatic carbocycles. The number of aromatic nitrogens is 1. The molecule has 41 heavy (non-hydrogen) atoms. The normalized spacial score (nSPS) is 13.2. The molecule has 0 unspecified atom stereocenters. The minimum Gasteiger partial charge on any atom is -0.308 e. The van der Waals surface area contributed by atoms with E-state index in [1.807, 2.05) is 27.7 Å². The van der Waals surface area contributed by atoms with Gasteiger partial charge in [0.25, 0.3) is 0 Å². The van der Waals surface area contributed by atoms with Gasteiger partial charge in [0, 0.05) is 33.4 Å². The van der Waals surface area contributed by atoms with Crippen molar-refractivity contribution in [2.45, 2.75) is 61.3 Å². The van der Waals surface area contributed by atoms with Crippen LogP contribution in [-0.4, -0.2) is 20.3 Å². The van der Waals surface area contributed by atoms with Crippen LogP contribution in [0.2, 0.25) is 0 Å². The molecule has 0 saturated heterocycles. The van der Waals surface area contributed by atoms with Gasteiger partial charge in [-0.2, -0.15) is 0 Å². The maximum atomic E-state index is 6.78. The number of hydrogen-bond acceptors (Lipinski definition) is 1. The van der Waals surface area contributed by atoms with E-state index >= 15 is 0 Å². The maximum absolute atomic E-state index is 6.78. The smallest absolute Gasteiger partial charge is 0.115 e. The minimum atomic E-state index is 0.621. The third-order valence-corrected chi connectivity index (χ3v) is 8.44. The molecule has 4 heteroatoms. The van der Waals surface area contributed by atoms with E-state index in [4.69, 9.17) is 28.3 Å². The molecule has 3 aromatic rings. The molecule has 2 aromatic carbocycles. The van der Waals surface area contributed by atoms with Crippen molar-refractivity contribution in [3.05, 3.63) is 123 Å². The van der Waals surface area contributed by atoms with Gasteiger partial charge in [-0.05, 0) is 99.1 Å². The quantitative estimate of drug-likeness (QED) is 0.126. The van der Waals surface area contributed by atoms with Crippen LogP contribution in [0.15, 0.2) is 83.8 Å². The first kappa shape index (κ1) is 30.4. The lowest BCUT2D eigenvalue weighted by Gasteiger charge is -2.22. The van der Waals surface area contributed by atoms with Gasteiger partial charge in [0.05, 0.1) is 16.9 Å². The number of thiol groups is 1. The highest BCUT2D eigenvalue weighted by Crippen LogP contribution is 2.42. The predicted octanol–water partition coefficient (Wildman–Crippen LogP) is 8.01. The van der Waals surface area contributed by atoms with Crippen molar-refractivity contribution in [1.82, 2.24) is 4.57 Å². The van der Waals surface area contributed by atoms with E-state index in [1.54, 1.807) is 0 Å². The van der Waals surface area contributed by atoms with Crippen LogP contribution >= 0.6 is 12.6 Å². The standard InChI is InChI=1S/C37H37B2NS/c1-11-21(5)36(30(12-2)29-16-15-28(19-29)18-27-14-13-22(6)23(7)17-27)40-35(20(3)4)31(26(10)41)32-34(39)24(8)33(38)25(9)37(32)40/h13-17,41H,1,3,10,12,18H2,2,4-9H3/b36-30-. The molecule has 4 radical (unpaired) electrons. The van der Waals surface area contributed by atoms with Crippen molar-refractivity contribution in [1.29, 1.82) is 0 Å². The topological polar surface area (TPSA) is 4.93 Å². The summed E-state index contributed by atoms with van der Waals surface area (Å²) < 4.78 is 2.23. The summed E-state index contributed by atoms with van der Waals surface area (Å²) in [5.74, 6) is 0. The molecule has 4 rings (SSSR count). The van der Waals surface area contributed by atoms with Crippen molar-refractivity contribution in [3.63, 3.8) is 0 Å². The zero-order chi connectivity index (χ0) is 30.3. The monoisotopic (exact) mass is 549 g/mol. The summed E-state index contributed by atoms with van der Waals surface area (Å²) in [7, 11) is 13.4. The van der Waals surface area contributed by atoms with Gasteiger partial charge in [-0.15, -0.1) is 24.1 Å². The molecule has 0 amide bonds. The Morgan fingerprint density at radius 1 is 1.00 bits per heavy atom. The van der Waals surface area contributed by atoms with Gasteiger partial charge >= 0.3 is 0 Å². The van der Waals surface area contributed by atoms with Crippen molar-refractivity contribution < 1.29 is 0 Å². The van der Waals surface area contributed by atoms with E-state index in [0.29, 0.717) is 15.8 Å².